The number of amides is 1. The Balaban J connectivity index is 3.17. The van der Waals surface area contributed by atoms with Gasteiger partial charge in [0.05, 0.1) is 11.1 Å². The number of hydrogen-bond acceptors (Lipinski definition) is 4. The molecule has 0 fully saturated rings. The third-order valence-electron chi connectivity index (χ3n) is 2.44. The van der Waals surface area contributed by atoms with Gasteiger partial charge in [-0.3, -0.25) is 19.4 Å². The predicted octanol–water partition coefficient (Wildman–Crippen LogP) is 0.978. The summed E-state index contributed by atoms with van der Waals surface area (Å²) in [4.78, 5) is 38.3. The third kappa shape index (κ3) is 4.93. The molecule has 1 aromatic rings. The van der Waals surface area contributed by atoms with Crippen LogP contribution in [-0.2, 0) is 4.79 Å². The zero-order valence-corrected chi connectivity index (χ0v) is 11.8. The summed E-state index contributed by atoms with van der Waals surface area (Å²) in [6.07, 6.45) is 6.81. The molecular formula is C16H14N2O3. The van der Waals surface area contributed by atoms with E-state index in [1.165, 1.54) is 26.1 Å². The van der Waals surface area contributed by atoms with Crippen LogP contribution < -0.4 is 5.32 Å². The minimum Gasteiger partial charge on any atom is -0.351 e. The molecule has 1 heterocycles. The van der Waals surface area contributed by atoms with E-state index < -0.39 is 5.91 Å². The van der Waals surface area contributed by atoms with E-state index in [0.29, 0.717) is 13.0 Å². The lowest BCUT2D eigenvalue weighted by Gasteiger charge is -2.06. The normalized spacial score (nSPS) is 9.00. The maximum Gasteiger partial charge on any atom is 0.252 e. The first-order chi connectivity index (χ1) is 9.95. The molecule has 1 amide bonds. The maximum atomic E-state index is 12.1. The second-order valence-electron chi connectivity index (χ2n) is 4.19. The van der Waals surface area contributed by atoms with E-state index in [0.717, 1.165) is 0 Å². The van der Waals surface area contributed by atoms with Crippen LogP contribution in [0.4, 0.5) is 0 Å². The molecule has 0 radical (unpaired) electrons. The van der Waals surface area contributed by atoms with Crippen molar-refractivity contribution >= 4 is 17.5 Å². The predicted molar refractivity (Wildman–Crippen MR) is 77.6 cm³/mol. The van der Waals surface area contributed by atoms with Crippen molar-refractivity contribution in [1.82, 2.24) is 10.3 Å². The highest BCUT2D eigenvalue weighted by Crippen LogP contribution is 2.09. The van der Waals surface area contributed by atoms with E-state index in [-0.39, 0.29) is 28.4 Å². The molecule has 0 aliphatic heterocycles. The Morgan fingerprint density at radius 1 is 1.33 bits per heavy atom. The lowest BCUT2D eigenvalue weighted by Crippen LogP contribution is -2.25. The highest BCUT2D eigenvalue weighted by atomic mass is 16.1. The van der Waals surface area contributed by atoms with Crippen molar-refractivity contribution in [3.63, 3.8) is 0 Å². The number of nitrogens with zero attached hydrogens (tertiary/aromatic N) is 1. The van der Waals surface area contributed by atoms with Crippen molar-refractivity contribution in [2.24, 2.45) is 0 Å². The molecule has 0 aliphatic carbocycles. The monoisotopic (exact) mass is 282 g/mol. The van der Waals surface area contributed by atoms with Crippen LogP contribution in [0.3, 0.4) is 0 Å². The fraction of sp³-hybridized carbons (Fsp3) is 0.250. The van der Waals surface area contributed by atoms with Crippen LogP contribution >= 0.6 is 0 Å². The number of aromatic nitrogens is 1. The van der Waals surface area contributed by atoms with Crippen LogP contribution in [0, 0.1) is 24.2 Å². The Kier molecular flexibility index (Phi) is 5.85. The Bertz CT molecular complexity index is 688. The fourth-order valence-electron chi connectivity index (χ4n) is 1.43. The van der Waals surface area contributed by atoms with Gasteiger partial charge in [-0.25, -0.2) is 0 Å². The van der Waals surface area contributed by atoms with Gasteiger partial charge in [0.15, 0.2) is 5.78 Å². The molecular weight excluding hydrogens is 268 g/mol. The highest BCUT2D eigenvalue weighted by Gasteiger charge is 2.13. The molecule has 5 nitrogen and oxygen atoms in total. The number of carbonyl (C=O) groups excluding carboxylic acids is 3. The minimum absolute atomic E-state index is 0.158. The fourth-order valence-corrected chi connectivity index (χ4v) is 1.43. The van der Waals surface area contributed by atoms with Crippen molar-refractivity contribution in [3.05, 3.63) is 29.1 Å². The number of Topliss-reactive ketones (excluding diaryl/α,β-unsaturated/α-hetero) is 2. The van der Waals surface area contributed by atoms with Crippen LogP contribution in [0.15, 0.2) is 12.3 Å². The van der Waals surface area contributed by atoms with Crippen LogP contribution in [0.1, 0.15) is 46.7 Å². The molecule has 5 heteroatoms. The summed E-state index contributed by atoms with van der Waals surface area (Å²) in [7, 11) is 0. The molecule has 0 bridgehead atoms. The van der Waals surface area contributed by atoms with E-state index in [2.05, 4.69) is 28.1 Å². The Hall–Kier alpha value is -2.92. The molecule has 0 spiro atoms. The first-order valence-corrected chi connectivity index (χ1v) is 6.21. The summed E-state index contributed by atoms with van der Waals surface area (Å²) in [6.45, 7) is 2.98. The molecule has 0 saturated carbocycles. The number of ketones is 2. The Morgan fingerprint density at radius 3 is 2.62 bits per heavy atom. The van der Waals surface area contributed by atoms with Crippen LogP contribution in [0.25, 0.3) is 0 Å². The standard InChI is InChI=1S/C16H14N2O3/c1-4-5-8-17-16(21)14-9-15(12(3)20)18-10-13(14)7-6-11(2)19/h1,9-10H,5,8H2,2-3H3,(H,17,21). The van der Waals surface area contributed by atoms with Crippen molar-refractivity contribution in [2.75, 3.05) is 6.54 Å². The van der Waals surface area contributed by atoms with Gasteiger partial charge in [-0.2, -0.15) is 0 Å². The number of carbonyl (C=O) groups is 3. The van der Waals surface area contributed by atoms with Gasteiger partial charge in [0.1, 0.15) is 5.69 Å². The quantitative estimate of drug-likeness (QED) is 0.507. The van der Waals surface area contributed by atoms with Gasteiger partial charge in [-0.05, 0) is 12.0 Å². The van der Waals surface area contributed by atoms with Gasteiger partial charge < -0.3 is 5.32 Å². The molecule has 106 valence electrons. The van der Waals surface area contributed by atoms with E-state index in [9.17, 15) is 14.4 Å². The molecule has 1 N–H and O–H groups in total. The summed E-state index contributed by atoms with van der Waals surface area (Å²) < 4.78 is 0. The first kappa shape index (κ1) is 16.1. The zero-order chi connectivity index (χ0) is 15.8. The number of hydrogen-bond donors (Lipinski definition) is 1. The van der Waals surface area contributed by atoms with Crippen molar-refractivity contribution < 1.29 is 14.4 Å². The summed E-state index contributed by atoms with van der Waals surface area (Å²) in [6, 6.07) is 1.36. The van der Waals surface area contributed by atoms with Crippen molar-refractivity contribution in [2.45, 2.75) is 20.3 Å². The van der Waals surface area contributed by atoms with E-state index in [1.807, 2.05) is 0 Å². The number of terminal acetylenes is 1. The van der Waals surface area contributed by atoms with Gasteiger partial charge in [0.2, 0.25) is 5.78 Å². The molecule has 0 atom stereocenters. The average molecular weight is 282 g/mol. The smallest absolute Gasteiger partial charge is 0.252 e. The minimum atomic E-state index is -0.414. The molecule has 1 aromatic heterocycles. The SMILES string of the molecule is C#CCCNC(=O)c1cc(C(C)=O)ncc1C#CC(C)=O. The zero-order valence-electron chi connectivity index (χ0n) is 11.8. The summed E-state index contributed by atoms with van der Waals surface area (Å²) in [5, 5.41) is 2.62. The molecule has 1 rings (SSSR count). The largest absolute Gasteiger partial charge is 0.351 e. The molecule has 0 aliphatic rings. The van der Waals surface area contributed by atoms with Gasteiger partial charge in [-0.1, -0.05) is 5.92 Å². The lowest BCUT2D eigenvalue weighted by molar-refractivity contribution is -0.111. The molecule has 0 saturated heterocycles. The number of nitrogens with one attached hydrogen (secondary N) is 1. The number of rotatable bonds is 4. The van der Waals surface area contributed by atoms with E-state index >= 15 is 0 Å². The Labute approximate surface area is 123 Å². The van der Waals surface area contributed by atoms with E-state index in [1.54, 1.807) is 0 Å². The highest BCUT2D eigenvalue weighted by molar-refractivity contribution is 6.01. The average Bonchev–Trinajstić information content (AvgIpc) is 2.44. The molecule has 0 aromatic carbocycles. The van der Waals surface area contributed by atoms with Gasteiger partial charge in [-0.15, -0.1) is 12.3 Å². The summed E-state index contributed by atoms with van der Waals surface area (Å²) in [5.41, 5.74) is 0.639. The Morgan fingerprint density at radius 2 is 2.05 bits per heavy atom. The molecule has 21 heavy (non-hydrogen) atoms. The van der Waals surface area contributed by atoms with Crippen molar-refractivity contribution in [1.29, 1.82) is 0 Å². The third-order valence-corrected chi connectivity index (χ3v) is 2.44. The van der Waals surface area contributed by atoms with Crippen molar-refractivity contribution in [3.8, 4) is 24.2 Å². The number of pyridine rings is 1. The van der Waals surface area contributed by atoms with Crippen LogP contribution in [0.2, 0.25) is 0 Å². The van der Waals surface area contributed by atoms with Crippen LogP contribution in [0.5, 0.6) is 0 Å². The lowest BCUT2D eigenvalue weighted by atomic mass is 10.1. The van der Waals surface area contributed by atoms with Gasteiger partial charge in [0.25, 0.3) is 5.91 Å². The maximum absolute atomic E-state index is 12.1. The summed E-state index contributed by atoms with van der Waals surface area (Å²) >= 11 is 0. The summed E-state index contributed by atoms with van der Waals surface area (Å²) in [5.74, 6) is 6.32. The molecule has 0 unspecified atom stereocenters. The second-order valence-corrected chi connectivity index (χ2v) is 4.19. The first-order valence-electron chi connectivity index (χ1n) is 6.21. The van der Waals surface area contributed by atoms with E-state index in [4.69, 9.17) is 6.42 Å². The topological polar surface area (TPSA) is 76.1 Å². The van der Waals surface area contributed by atoms with Crippen LogP contribution in [-0.4, -0.2) is 29.0 Å². The second kappa shape index (κ2) is 7.62. The van der Waals surface area contributed by atoms with Gasteiger partial charge >= 0.3 is 0 Å². The van der Waals surface area contributed by atoms with Gasteiger partial charge in [0, 0.05) is 33.0 Å².